The normalized spacial score (nSPS) is 12.6. The van der Waals surface area contributed by atoms with Gasteiger partial charge in [0.05, 0.1) is 0 Å². The molecule has 18 heavy (non-hydrogen) atoms. The third-order valence-electron chi connectivity index (χ3n) is 2.72. The van der Waals surface area contributed by atoms with E-state index in [-0.39, 0.29) is 6.04 Å². The molecule has 1 atom stereocenters. The minimum absolute atomic E-state index is 0.0528. The number of rotatable bonds is 5. The maximum absolute atomic E-state index is 13.1. The fraction of sp³-hybridized carbons (Fsp3) is 0.333. The van der Waals surface area contributed by atoms with Gasteiger partial charge in [0.15, 0.2) is 11.6 Å². The second kappa shape index (κ2) is 5.68. The second-order valence-electron chi connectivity index (χ2n) is 4.03. The first-order valence-electron chi connectivity index (χ1n) is 5.69. The molecule has 1 aromatic carbocycles. The Balaban J connectivity index is 1.87. The van der Waals surface area contributed by atoms with Crippen molar-refractivity contribution < 1.29 is 8.78 Å². The lowest BCUT2D eigenvalue weighted by Gasteiger charge is -2.13. The van der Waals surface area contributed by atoms with Crippen LogP contribution in [0.5, 0.6) is 0 Å². The van der Waals surface area contributed by atoms with Gasteiger partial charge in [0.2, 0.25) is 0 Å². The SMILES string of the molecule is CC(NCCc1ncn[nH]1)c1ccc(F)c(F)c1. The smallest absolute Gasteiger partial charge is 0.159 e. The van der Waals surface area contributed by atoms with Crippen LogP contribution in [-0.2, 0) is 6.42 Å². The van der Waals surface area contributed by atoms with Crippen LogP contribution in [0.15, 0.2) is 24.5 Å². The molecule has 0 bridgehead atoms. The van der Waals surface area contributed by atoms with Crippen molar-refractivity contribution in [2.75, 3.05) is 6.54 Å². The van der Waals surface area contributed by atoms with Crippen molar-refractivity contribution in [1.82, 2.24) is 20.5 Å². The monoisotopic (exact) mass is 252 g/mol. The zero-order valence-corrected chi connectivity index (χ0v) is 9.95. The Morgan fingerprint density at radius 3 is 2.83 bits per heavy atom. The van der Waals surface area contributed by atoms with Gasteiger partial charge < -0.3 is 5.32 Å². The van der Waals surface area contributed by atoms with Crippen molar-refractivity contribution >= 4 is 0 Å². The predicted octanol–water partition coefficient (Wildman–Crippen LogP) is 1.98. The number of hydrogen-bond donors (Lipinski definition) is 2. The average molecular weight is 252 g/mol. The van der Waals surface area contributed by atoms with Gasteiger partial charge in [0, 0.05) is 19.0 Å². The zero-order valence-electron chi connectivity index (χ0n) is 9.95. The minimum Gasteiger partial charge on any atom is -0.310 e. The summed E-state index contributed by atoms with van der Waals surface area (Å²) < 4.78 is 25.8. The van der Waals surface area contributed by atoms with Crippen molar-refractivity contribution in [3.63, 3.8) is 0 Å². The van der Waals surface area contributed by atoms with Crippen LogP contribution in [0.2, 0.25) is 0 Å². The number of benzene rings is 1. The Bertz CT molecular complexity index is 499. The molecule has 1 unspecified atom stereocenters. The van der Waals surface area contributed by atoms with Crippen LogP contribution in [0.1, 0.15) is 24.4 Å². The lowest BCUT2D eigenvalue weighted by atomic mass is 10.1. The summed E-state index contributed by atoms with van der Waals surface area (Å²) in [7, 11) is 0. The number of nitrogens with one attached hydrogen (secondary N) is 2. The molecule has 96 valence electrons. The van der Waals surface area contributed by atoms with Crippen molar-refractivity contribution in [2.24, 2.45) is 0 Å². The van der Waals surface area contributed by atoms with Gasteiger partial charge in [-0.1, -0.05) is 6.07 Å². The van der Waals surface area contributed by atoms with Gasteiger partial charge in [-0.2, -0.15) is 5.10 Å². The maximum Gasteiger partial charge on any atom is 0.159 e. The lowest BCUT2D eigenvalue weighted by molar-refractivity contribution is 0.500. The number of H-pyrrole nitrogens is 1. The number of aromatic amines is 1. The average Bonchev–Trinajstić information content (AvgIpc) is 2.85. The predicted molar refractivity (Wildman–Crippen MR) is 62.9 cm³/mol. The fourth-order valence-corrected chi connectivity index (χ4v) is 1.66. The van der Waals surface area contributed by atoms with E-state index >= 15 is 0 Å². The first-order valence-corrected chi connectivity index (χ1v) is 5.69. The van der Waals surface area contributed by atoms with Gasteiger partial charge in [-0.25, -0.2) is 13.8 Å². The van der Waals surface area contributed by atoms with Crippen LogP contribution in [-0.4, -0.2) is 21.7 Å². The largest absolute Gasteiger partial charge is 0.310 e. The molecular formula is C12H14F2N4. The number of nitrogens with zero attached hydrogens (tertiary/aromatic N) is 2. The van der Waals surface area contributed by atoms with E-state index in [0.717, 1.165) is 11.9 Å². The first-order chi connectivity index (χ1) is 8.66. The summed E-state index contributed by atoms with van der Waals surface area (Å²) in [6.07, 6.45) is 2.15. The van der Waals surface area contributed by atoms with Crippen molar-refractivity contribution in [2.45, 2.75) is 19.4 Å². The number of hydrogen-bond acceptors (Lipinski definition) is 3. The molecule has 6 heteroatoms. The van der Waals surface area contributed by atoms with E-state index in [1.54, 1.807) is 6.07 Å². The van der Waals surface area contributed by atoms with Gasteiger partial charge in [-0.3, -0.25) is 5.10 Å². The molecule has 0 saturated carbocycles. The number of aromatic nitrogens is 3. The molecule has 0 aliphatic carbocycles. The van der Waals surface area contributed by atoms with Crippen LogP contribution in [0, 0.1) is 11.6 Å². The highest BCUT2D eigenvalue weighted by Crippen LogP contribution is 2.15. The Labute approximate surface area is 103 Å². The van der Waals surface area contributed by atoms with Crippen LogP contribution in [0.25, 0.3) is 0 Å². The van der Waals surface area contributed by atoms with Crippen LogP contribution >= 0.6 is 0 Å². The molecule has 2 N–H and O–H groups in total. The summed E-state index contributed by atoms with van der Waals surface area (Å²) in [6, 6.07) is 3.87. The van der Waals surface area contributed by atoms with Crippen LogP contribution < -0.4 is 5.32 Å². The zero-order chi connectivity index (χ0) is 13.0. The first kappa shape index (κ1) is 12.6. The Morgan fingerprint density at radius 2 is 2.17 bits per heavy atom. The molecule has 0 aliphatic rings. The maximum atomic E-state index is 13.1. The molecule has 2 aromatic rings. The molecule has 0 fully saturated rings. The van der Waals surface area contributed by atoms with Crippen LogP contribution in [0.3, 0.4) is 0 Å². The van der Waals surface area contributed by atoms with E-state index in [4.69, 9.17) is 0 Å². The van der Waals surface area contributed by atoms with E-state index in [1.807, 2.05) is 6.92 Å². The summed E-state index contributed by atoms with van der Waals surface area (Å²) in [5.74, 6) is -0.857. The molecule has 1 heterocycles. The molecule has 0 aliphatic heterocycles. The summed E-state index contributed by atoms with van der Waals surface area (Å²) in [5, 5.41) is 9.71. The Morgan fingerprint density at radius 1 is 1.33 bits per heavy atom. The van der Waals surface area contributed by atoms with Gasteiger partial charge in [-0.05, 0) is 24.6 Å². The molecule has 4 nitrogen and oxygen atoms in total. The van der Waals surface area contributed by atoms with Crippen molar-refractivity contribution in [3.05, 3.63) is 47.5 Å². The van der Waals surface area contributed by atoms with E-state index < -0.39 is 11.6 Å². The third kappa shape index (κ3) is 3.10. The van der Waals surface area contributed by atoms with Crippen LogP contribution in [0.4, 0.5) is 8.78 Å². The fourth-order valence-electron chi connectivity index (χ4n) is 1.66. The third-order valence-corrected chi connectivity index (χ3v) is 2.72. The summed E-state index contributed by atoms with van der Waals surface area (Å²) in [5.41, 5.74) is 0.714. The van der Waals surface area contributed by atoms with E-state index in [9.17, 15) is 8.78 Å². The summed E-state index contributed by atoms with van der Waals surface area (Å²) in [6.45, 7) is 2.57. The molecule has 0 spiro atoms. The van der Waals surface area contributed by atoms with E-state index in [1.165, 1.54) is 12.4 Å². The second-order valence-corrected chi connectivity index (χ2v) is 4.03. The molecule has 0 radical (unpaired) electrons. The highest BCUT2D eigenvalue weighted by molar-refractivity contribution is 5.20. The van der Waals surface area contributed by atoms with E-state index in [2.05, 4.69) is 20.5 Å². The number of halogens is 2. The van der Waals surface area contributed by atoms with Gasteiger partial charge >= 0.3 is 0 Å². The van der Waals surface area contributed by atoms with E-state index in [0.29, 0.717) is 18.5 Å². The molecule has 0 saturated heterocycles. The van der Waals surface area contributed by atoms with Gasteiger partial charge in [-0.15, -0.1) is 0 Å². The van der Waals surface area contributed by atoms with Crippen molar-refractivity contribution in [3.8, 4) is 0 Å². The van der Waals surface area contributed by atoms with Crippen molar-refractivity contribution in [1.29, 1.82) is 0 Å². The molecule has 2 rings (SSSR count). The minimum atomic E-state index is -0.826. The molecule has 0 amide bonds. The topological polar surface area (TPSA) is 53.6 Å². The summed E-state index contributed by atoms with van der Waals surface area (Å²) in [4.78, 5) is 4.00. The Hall–Kier alpha value is -1.82. The highest BCUT2D eigenvalue weighted by Gasteiger charge is 2.08. The highest BCUT2D eigenvalue weighted by atomic mass is 19.2. The quantitative estimate of drug-likeness (QED) is 0.855. The molecular weight excluding hydrogens is 238 g/mol. The standard InChI is InChI=1S/C12H14F2N4/c1-8(9-2-3-10(13)11(14)6-9)15-5-4-12-16-7-17-18-12/h2-3,6-8,15H,4-5H2,1H3,(H,16,17,18). The Kier molecular flexibility index (Phi) is 3.99. The molecule has 1 aromatic heterocycles. The van der Waals surface area contributed by atoms with Gasteiger partial charge in [0.1, 0.15) is 12.2 Å². The summed E-state index contributed by atoms with van der Waals surface area (Å²) >= 11 is 0. The van der Waals surface area contributed by atoms with Gasteiger partial charge in [0.25, 0.3) is 0 Å². The lowest BCUT2D eigenvalue weighted by Crippen LogP contribution is -2.21.